The minimum Gasteiger partial charge on any atom is -0.322 e. The number of rotatable bonds is 3. The molecule has 7 nitrogen and oxygen atoms in total. The highest BCUT2D eigenvalue weighted by molar-refractivity contribution is 5.67. The van der Waals surface area contributed by atoms with E-state index in [1.165, 1.54) is 6.07 Å². The molecule has 0 saturated heterocycles. The highest BCUT2D eigenvalue weighted by Crippen LogP contribution is 2.26. The summed E-state index contributed by atoms with van der Waals surface area (Å²) in [5, 5.41) is 17.4. The predicted octanol–water partition coefficient (Wildman–Crippen LogP) is 1.40. The zero-order chi connectivity index (χ0) is 12.4. The van der Waals surface area contributed by atoms with Crippen molar-refractivity contribution in [1.82, 2.24) is 15.2 Å². The highest BCUT2D eigenvalue weighted by Gasteiger charge is 2.18. The van der Waals surface area contributed by atoms with Crippen LogP contribution in [0.5, 0.6) is 0 Å². The fourth-order valence-corrected chi connectivity index (χ4v) is 1.42. The molecule has 1 aromatic heterocycles. The van der Waals surface area contributed by atoms with Crippen LogP contribution in [0.15, 0.2) is 24.3 Å². The number of H-pyrrole nitrogens is 1. The van der Waals surface area contributed by atoms with Gasteiger partial charge in [0.2, 0.25) is 0 Å². The van der Waals surface area contributed by atoms with E-state index in [0.29, 0.717) is 11.4 Å². The van der Waals surface area contributed by atoms with Crippen molar-refractivity contribution in [3.8, 4) is 11.4 Å². The van der Waals surface area contributed by atoms with Crippen LogP contribution < -0.4 is 5.73 Å². The summed E-state index contributed by atoms with van der Waals surface area (Å²) >= 11 is 0. The van der Waals surface area contributed by atoms with E-state index in [1.54, 1.807) is 25.1 Å². The number of nitro benzene ring substituents is 1. The maximum atomic E-state index is 10.9. The molecule has 2 aromatic rings. The van der Waals surface area contributed by atoms with Crippen LogP contribution in [0, 0.1) is 10.1 Å². The van der Waals surface area contributed by atoms with E-state index in [0.717, 1.165) is 0 Å². The highest BCUT2D eigenvalue weighted by atomic mass is 16.6. The Morgan fingerprint density at radius 3 is 2.76 bits per heavy atom. The van der Waals surface area contributed by atoms with Gasteiger partial charge in [-0.2, -0.15) is 5.10 Å². The lowest BCUT2D eigenvalue weighted by molar-refractivity contribution is -0.384. The quantitative estimate of drug-likeness (QED) is 0.614. The van der Waals surface area contributed by atoms with Crippen molar-refractivity contribution in [3.63, 3.8) is 0 Å². The number of para-hydroxylation sites is 1. The van der Waals surface area contributed by atoms with Crippen LogP contribution in [0.4, 0.5) is 5.69 Å². The summed E-state index contributed by atoms with van der Waals surface area (Å²) < 4.78 is 0. The van der Waals surface area contributed by atoms with E-state index >= 15 is 0 Å². The number of nitrogens with two attached hydrogens (primary N) is 1. The number of nitrogens with one attached hydrogen (secondary N) is 1. The summed E-state index contributed by atoms with van der Waals surface area (Å²) in [4.78, 5) is 14.5. The van der Waals surface area contributed by atoms with E-state index < -0.39 is 4.92 Å². The molecule has 1 aromatic carbocycles. The molecule has 0 radical (unpaired) electrons. The zero-order valence-electron chi connectivity index (χ0n) is 9.12. The maximum absolute atomic E-state index is 10.9. The van der Waals surface area contributed by atoms with E-state index in [4.69, 9.17) is 5.73 Å². The van der Waals surface area contributed by atoms with Gasteiger partial charge < -0.3 is 5.73 Å². The number of aromatic amines is 1. The van der Waals surface area contributed by atoms with Gasteiger partial charge in [0.05, 0.1) is 16.5 Å². The van der Waals surface area contributed by atoms with Crippen molar-refractivity contribution >= 4 is 5.69 Å². The average Bonchev–Trinajstić information content (AvgIpc) is 2.78. The molecule has 7 heteroatoms. The van der Waals surface area contributed by atoms with Gasteiger partial charge in [0.15, 0.2) is 5.82 Å². The summed E-state index contributed by atoms with van der Waals surface area (Å²) in [5.74, 6) is 0.780. The van der Waals surface area contributed by atoms with Crippen LogP contribution >= 0.6 is 0 Å². The maximum Gasteiger partial charge on any atom is 0.280 e. The smallest absolute Gasteiger partial charge is 0.280 e. The van der Waals surface area contributed by atoms with Crippen molar-refractivity contribution in [2.24, 2.45) is 5.73 Å². The van der Waals surface area contributed by atoms with Crippen molar-refractivity contribution in [2.75, 3.05) is 0 Å². The molecule has 0 fully saturated rings. The molecular formula is C10H11N5O2. The summed E-state index contributed by atoms with van der Waals surface area (Å²) in [6.07, 6.45) is 0. The first-order chi connectivity index (χ1) is 8.09. The molecule has 0 saturated carbocycles. The zero-order valence-corrected chi connectivity index (χ0v) is 9.12. The second-order valence-corrected chi connectivity index (χ2v) is 3.61. The number of nitrogens with zero attached hydrogens (tertiary/aromatic N) is 3. The first kappa shape index (κ1) is 11.2. The molecule has 3 N–H and O–H groups in total. The van der Waals surface area contributed by atoms with Crippen molar-refractivity contribution in [2.45, 2.75) is 13.0 Å². The third-order valence-electron chi connectivity index (χ3n) is 2.28. The lowest BCUT2D eigenvalue weighted by Crippen LogP contribution is -2.06. The first-order valence-electron chi connectivity index (χ1n) is 5.01. The van der Waals surface area contributed by atoms with Gasteiger partial charge in [0, 0.05) is 6.07 Å². The molecule has 0 bridgehead atoms. The van der Waals surface area contributed by atoms with E-state index in [-0.39, 0.29) is 17.6 Å². The minimum absolute atomic E-state index is 0.0253. The van der Waals surface area contributed by atoms with Gasteiger partial charge in [0.25, 0.3) is 5.69 Å². The second kappa shape index (κ2) is 4.30. The number of aromatic nitrogens is 3. The van der Waals surface area contributed by atoms with Crippen LogP contribution in [0.25, 0.3) is 11.4 Å². The Hall–Kier alpha value is -2.28. The van der Waals surface area contributed by atoms with Crippen LogP contribution in [-0.2, 0) is 0 Å². The standard InChI is InChI=1S/C10H11N5O2/c1-6(11)9-12-10(14-13-9)7-4-2-3-5-8(7)15(16)17/h2-6H,11H2,1H3,(H,12,13,14)/t6-/m0/s1. The molecule has 0 aliphatic rings. The van der Waals surface area contributed by atoms with Gasteiger partial charge in [-0.3, -0.25) is 15.2 Å². The van der Waals surface area contributed by atoms with E-state index in [9.17, 15) is 10.1 Å². The number of benzene rings is 1. The van der Waals surface area contributed by atoms with Crippen molar-refractivity contribution in [1.29, 1.82) is 0 Å². The number of hydrogen-bond donors (Lipinski definition) is 2. The topological polar surface area (TPSA) is 111 Å². The fraction of sp³-hybridized carbons (Fsp3) is 0.200. The van der Waals surface area contributed by atoms with Gasteiger partial charge in [0.1, 0.15) is 5.82 Å². The Bertz CT molecular complexity index is 549. The lowest BCUT2D eigenvalue weighted by atomic mass is 10.2. The lowest BCUT2D eigenvalue weighted by Gasteiger charge is -1.98. The normalized spacial score (nSPS) is 12.4. The van der Waals surface area contributed by atoms with Gasteiger partial charge in [-0.05, 0) is 13.0 Å². The Labute approximate surface area is 96.8 Å². The van der Waals surface area contributed by atoms with Gasteiger partial charge in [-0.15, -0.1) is 0 Å². The van der Waals surface area contributed by atoms with Crippen LogP contribution in [0.3, 0.4) is 0 Å². The summed E-state index contributed by atoms with van der Waals surface area (Å²) in [5.41, 5.74) is 5.99. The second-order valence-electron chi connectivity index (χ2n) is 3.61. The van der Waals surface area contributed by atoms with Gasteiger partial charge in [-0.25, -0.2) is 4.98 Å². The summed E-state index contributed by atoms with van der Waals surface area (Å²) in [7, 11) is 0. The Morgan fingerprint density at radius 2 is 2.18 bits per heavy atom. The molecule has 0 aliphatic heterocycles. The minimum atomic E-state index is -0.461. The SMILES string of the molecule is C[C@H](N)c1nc(-c2ccccc2[N+](=O)[O-])n[nH]1. The molecule has 2 rings (SSSR count). The third kappa shape index (κ3) is 2.13. The van der Waals surface area contributed by atoms with Crippen molar-refractivity contribution in [3.05, 3.63) is 40.2 Å². The summed E-state index contributed by atoms with van der Waals surface area (Å²) in [6, 6.07) is 6.02. The Kier molecular flexibility index (Phi) is 2.84. The first-order valence-corrected chi connectivity index (χ1v) is 5.01. The molecule has 1 atom stereocenters. The van der Waals surface area contributed by atoms with Crippen molar-refractivity contribution < 1.29 is 4.92 Å². The van der Waals surface area contributed by atoms with E-state index in [2.05, 4.69) is 15.2 Å². The molecule has 0 unspecified atom stereocenters. The third-order valence-corrected chi connectivity index (χ3v) is 2.28. The Balaban J connectivity index is 2.49. The largest absolute Gasteiger partial charge is 0.322 e. The van der Waals surface area contributed by atoms with Gasteiger partial charge in [-0.1, -0.05) is 12.1 Å². The average molecular weight is 233 g/mol. The summed E-state index contributed by atoms with van der Waals surface area (Å²) in [6.45, 7) is 1.75. The van der Waals surface area contributed by atoms with Crippen LogP contribution in [0.1, 0.15) is 18.8 Å². The Morgan fingerprint density at radius 1 is 1.47 bits per heavy atom. The number of hydrogen-bond acceptors (Lipinski definition) is 5. The molecule has 88 valence electrons. The van der Waals surface area contributed by atoms with Crippen LogP contribution in [-0.4, -0.2) is 20.1 Å². The van der Waals surface area contributed by atoms with Gasteiger partial charge >= 0.3 is 0 Å². The molecule has 0 aliphatic carbocycles. The molecule has 1 heterocycles. The van der Waals surface area contributed by atoms with Crippen LogP contribution in [0.2, 0.25) is 0 Å². The molecular weight excluding hydrogens is 222 g/mol. The van der Waals surface area contributed by atoms with E-state index in [1.807, 2.05) is 0 Å². The molecule has 17 heavy (non-hydrogen) atoms. The molecule has 0 amide bonds. The number of nitro groups is 1. The monoisotopic (exact) mass is 233 g/mol. The fourth-order valence-electron chi connectivity index (χ4n) is 1.42. The molecule has 0 spiro atoms. The predicted molar refractivity (Wildman–Crippen MR) is 61.1 cm³/mol.